The molecule has 0 spiro atoms. The van der Waals surface area contributed by atoms with Crippen LogP contribution in [0, 0.1) is 17.8 Å². The average Bonchev–Trinajstić information content (AvgIpc) is 3.50. The number of nitrogens with one attached hydrogen (secondary N) is 1. The number of carbonyl (C=O) groups excluding carboxylic acids is 2. The Labute approximate surface area is 254 Å². The van der Waals surface area contributed by atoms with Gasteiger partial charge in [-0.25, -0.2) is 4.79 Å². The molecule has 8 N–H and O–H groups in total. The topological polar surface area (TPSA) is 240 Å². The van der Waals surface area contributed by atoms with Crippen molar-refractivity contribution in [2.24, 2.45) is 17.8 Å². The zero-order valence-electron chi connectivity index (χ0n) is 24.3. The van der Waals surface area contributed by atoms with Crippen LogP contribution in [0.3, 0.4) is 0 Å². The van der Waals surface area contributed by atoms with E-state index in [-0.39, 0.29) is 31.2 Å². The molecule has 44 heavy (non-hydrogen) atoms. The first-order valence-corrected chi connectivity index (χ1v) is 14.8. The van der Waals surface area contributed by atoms with Crippen molar-refractivity contribution in [3.8, 4) is 0 Å². The number of piperidine rings is 1. The Morgan fingerprint density at radius 3 is 2.43 bits per heavy atom. The van der Waals surface area contributed by atoms with E-state index in [2.05, 4.69) is 6.58 Å². The van der Waals surface area contributed by atoms with E-state index in [1.165, 1.54) is 12.2 Å². The Bertz CT molecular complexity index is 1090. The summed E-state index contributed by atoms with van der Waals surface area (Å²) in [5.41, 5.74) is -2.51. The standard InChI is InChI=1S/C29H43NO14/c1-2-19-26(44-27-23(34)29(39,40)22(33)21(14-32)43-27)41-15-20(25(37)42-18-5-3-4-6-18)28(19,38)8-7-16-11-17(24(35)36)13-30(12-16)9-10-31/h2,7-8,15-19,21-23,26-27,31-34,38-40H,1,3-6,9-14H2,(H,35,36)/t16?,17?,19-,21-,22-,23+,26+,27-,28-/m1/s1. The summed E-state index contributed by atoms with van der Waals surface area (Å²) in [6.07, 6.45) is -1.44. The van der Waals surface area contributed by atoms with E-state index in [0.717, 1.165) is 24.0 Å². The number of quaternary nitrogens is 1. The van der Waals surface area contributed by atoms with Crippen molar-refractivity contribution in [1.29, 1.82) is 0 Å². The van der Waals surface area contributed by atoms with Gasteiger partial charge in [-0.1, -0.05) is 18.2 Å². The number of carbonyl (C=O) groups is 2. The number of hydrogen-bond donors (Lipinski definition) is 8. The molecule has 0 radical (unpaired) electrons. The Balaban J connectivity index is 1.64. The smallest absolute Gasteiger partial charge is 0.340 e. The van der Waals surface area contributed by atoms with Gasteiger partial charge in [0.05, 0.1) is 38.2 Å². The largest absolute Gasteiger partial charge is 0.550 e. The molecule has 3 heterocycles. The SMILES string of the molecule is C=C[C@@H]1[C@H](O[C@H]2O[C@H](CO)[C@@H](O)C(O)(O)[C@H]2O)OC=C(C(=O)OC2CCCC2)[C@@]1(O)C=CC1CC(C(=O)[O-])C[NH+](CCO)C1. The first-order valence-electron chi connectivity index (χ1n) is 14.8. The van der Waals surface area contributed by atoms with Crippen LogP contribution in [0.15, 0.2) is 36.6 Å². The third-order valence-electron chi connectivity index (χ3n) is 8.93. The molecule has 248 valence electrons. The monoisotopic (exact) mass is 629 g/mol. The first kappa shape index (κ1) is 34.4. The van der Waals surface area contributed by atoms with Crippen molar-refractivity contribution < 1.29 is 74.3 Å². The first-order chi connectivity index (χ1) is 20.8. The fourth-order valence-corrected chi connectivity index (χ4v) is 6.40. The number of rotatable bonds is 11. The van der Waals surface area contributed by atoms with Crippen molar-refractivity contribution in [3.05, 3.63) is 36.6 Å². The summed E-state index contributed by atoms with van der Waals surface area (Å²) < 4.78 is 22.3. The summed E-state index contributed by atoms with van der Waals surface area (Å²) in [5, 5.41) is 83.9. The van der Waals surface area contributed by atoms with Crippen molar-refractivity contribution in [1.82, 2.24) is 0 Å². The van der Waals surface area contributed by atoms with Gasteiger partial charge in [-0.05, 0) is 32.1 Å². The van der Waals surface area contributed by atoms with Crippen molar-refractivity contribution >= 4 is 11.9 Å². The fraction of sp³-hybridized carbons (Fsp3) is 0.724. The maximum atomic E-state index is 13.4. The third kappa shape index (κ3) is 7.17. The van der Waals surface area contributed by atoms with Crippen molar-refractivity contribution in [2.45, 2.75) is 80.5 Å². The quantitative estimate of drug-likeness (QED) is 0.0608. The number of aliphatic carboxylic acids is 1. The van der Waals surface area contributed by atoms with Crippen LogP contribution in [0.4, 0.5) is 0 Å². The fourth-order valence-electron chi connectivity index (χ4n) is 6.40. The summed E-state index contributed by atoms with van der Waals surface area (Å²) in [4.78, 5) is 25.9. The minimum absolute atomic E-state index is 0.156. The number of carboxylic acid groups (broad SMARTS) is 1. The molecular formula is C29H43NO14. The number of esters is 1. The van der Waals surface area contributed by atoms with Crippen LogP contribution in [0.25, 0.3) is 0 Å². The van der Waals surface area contributed by atoms with Gasteiger partial charge in [0, 0.05) is 11.8 Å². The molecule has 10 atom stereocenters. The minimum atomic E-state index is -3.14. The number of aliphatic hydroxyl groups excluding tert-OH is 4. The van der Waals surface area contributed by atoms with Crippen LogP contribution in [-0.2, 0) is 28.5 Å². The second-order valence-electron chi connectivity index (χ2n) is 12.0. The van der Waals surface area contributed by atoms with E-state index in [1.54, 1.807) is 6.08 Å². The predicted octanol–water partition coefficient (Wildman–Crippen LogP) is -4.80. The molecule has 0 aromatic heterocycles. The number of ether oxygens (including phenoxy) is 4. The van der Waals surface area contributed by atoms with Crippen LogP contribution in [0.2, 0.25) is 0 Å². The molecular weight excluding hydrogens is 586 g/mol. The maximum absolute atomic E-state index is 13.4. The lowest BCUT2D eigenvalue weighted by molar-refractivity contribution is -0.911. The number of carboxylic acids is 1. The predicted molar refractivity (Wildman–Crippen MR) is 144 cm³/mol. The second kappa shape index (κ2) is 14.3. The summed E-state index contributed by atoms with van der Waals surface area (Å²) in [7, 11) is 0. The Morgan fingerprint density at radius 1 is 1.11 bits per heavy atom. The van der Waals surface area contributed by atoms with Crippen LogP contribution in [0.1, 0.15) is 32.1 Å². The van der Waals surface area contributed by atoms with Gasteiger partial charge >= 0.3 is 5.97 Å². The molecule has 2 saturated heterocycles. The summed E-state index contributed by atoms with van der Waals surface area (Å²) in [5.74, 6) is -7.76. The van der Waals surface area contributed by atoms with Gasteiger partial charge in [0.15, 0.2) is 12.4 Å². The molecule has 1 aliphatic carbocycles. The summed E-state index contributed by atoms with van der Waals surface area (Å²) >= 11 is 0. The van der Waals surface area contributed by atoms with E-state index in [9.17, 15) is 50.4 Å². The second-order valence-corrected chi connectivity index (χ2v) is 12.0. The molecule has 15 heteroatoms. The molecule has 3 fully saturated rings. The van der Waals surface area contributed by atoms with E-state index >= 15 is 0 Å². The van der Waals surface area contributed by atoms with E-state index in [1.807, 2.05) is 0 Å². The number of hydrogen-bond acceptors (Lipinski definition) is 14. The highest BCUT2D eigenvalue weighted by molar-refractivity contribution is 5.91. The molecule has 4 aliphatic rings. The molecule has 0 aromatic rings. The van der Waals surface area contributed by atoms with Gasteiger partial charge in [0.1, 0.15) is 42.3 Å². The maximum Gasteiger partial charge on any atom is 0.340 e. The molecule has 0 aromatic carbocycles. The highest BCUT2D eigenvalue weighted by atomic mass is 16.8. The Hall–Kier alpha value is -2.44. The minimum Gasteiger partial charge on any atom is -0.550 e. The lowest BCUT2D eigenvalue weighted by atomic mass is 9.77. The van der Waals surface area contributed by atoms with Crippen LogP contribution >= 0.6 is 0 Å². The summed E-state index contributed by atoms with van der Waals surface area (Å²) in [6, 6.07) is 0. The van der Waals surface area contributed by atoms with Gasteiger partial charge in [-0.15, -0.1) is 6.58 Å². The van der Waals surface area contributed by atoms with Gasteiger partial charge < -0.3 is 69.5 Å². The average molecular weight is 630 g/mol. The molecule has 15 nitrogen and oxygen atoms in total. The van der Waals surface area contributed by atoms with Crippen LogP contribution < -0.4 is 10.0 Å². The molecule has 1 saturated carbocycles. The van der Waals surface area contributed by atoms with E-state index in [0.29, 0.717) is 25.9 Å². The van der Waals surface area contributed by atoms with Gasteiger partial charge in [-0.2, -0.15) is 0 Å². The number of aliphatic hydroxyl groups is 7. The molecule has 3 unspecified atom stereocenters. The lowest BCUT2D eigenvalue weighted by Crippen LogP contribution is -3.15. The lowest BCUT2D eigenvalue weighted by Gasteiger charge is -2.47. The van der Waals surface area contributed by atoms with E-state index < -0.39 is 78.6 Å². The van der Waals surface area contributed by atoms with Gasteiger partial charge in [0.2, 0.25) is 12.1 Å². The highest BCUT2D eigenvalue weighted by Crippen LogP contribution is 2.41. The summed E-state index contributed by atoms with van der Waals surface area (Å²) in [6.45, 7) is 3.73. The zero-order valence-corrected chi connectivity index (χ0v) is 24.3. The van der Waals surface area contributed by atoms with Crippen molar-refractivity contribution in [2.75, 3.05) is 32.8 Å². The molecule has 3 aliphatic heterocycles. The Morgan fingerprint density at radius 2 is 1.82 bits per heavy atom. The van der Waals surface area contributed by atoms with Crippen LogP contribution in [-0.4, -0.2) is 129 Å². The van der Waals surface area contributed by atoms with Crippen molar-refractivity contribution in [3.63, 3.8) is 0 Å². The Kier molecular flexibility index (Phi) is 11.2. The third-order valence-corrected chi connectivity index (χ3v) is 8.93. The molecule has 0 bridgehead atoms. The zero-order chi connectivity index (χ0) is 32.2. The normalized spacial score (nSPS) is 39.4. The van der Waals surface area contributed by atoms with E-state index in [4.69, 9.17) is 18.9 Å². The van der Waals surface area contributed by atoms with Gasteiger partial charge in [0.25, 0.3) is 0 Å². The molecule has 4 rings (SSSR count). The van der Waals surface area contributed by atoms with Gasteiger partial charge in [-0.3, -0.25) is 0 Å². The molecule has 0 amide bonds. The number of likely N-dealkylation sites (tertiary alicyclic amines) is 1. The van der Waals surface area contributed by atoms with Crippen LogP contribution in [0.5, 0.6) is 0 Å². The highest BCUT2D eigenvalue weighted by Gasteiger charge is 2.57.